The normalized spacial score (nSPS) is 15.2. The summed E-state index contributed by atoms with van der Waals surface area (Å²) in [7, 11) is 0. The molecule has 224 valence electrons. The highest BCUT2D eigenvalue weighted by atomic mass is 32.1. The van der Waals surface area contributed by atoms with Gasteiger partial charge in [-0.1, -0.05) is 41.7 Å². The molecule has 1 unspecified atom stereocenters. The van der Waals surface area contributed by atoms with E-state index in [4.69, 9.17) is 9.15 Å². The van der Waals surface area contributed by atoms with Gasteiger partial charge in [0.2, 0.25) is 0 Å². The van der Waals surface area contributed by atoms with Gasteiger partial charge in [0, 0.05) is 16.6 Å². The first-order chi connectivity index (χ1) is 21.1. The number of hydrogen-bond acceptors (Lipinski definition) is 7. The Kier molecular flexibility index (Phi) is 7.87. The van der Waals surface area contributed by atoms with Crippen LogP contribution >= 0.6 is 22.7 Å². The van der Waals surface area contributed by atoms with Crippen LogP contribution in [0.3, 0.4) is 0 Å². The minimum atomic E-state index is -4.48. The molecule has 1 atom stereocenters. The molecule has 0 spiro atoms. The monoisotopic (exact) mass is 635 g/mol. The highest BCUT2D eigenvalue weighted by molar-refractivity contribution is 7.10. The van der Waals surface area contributed by atoms with Crippen LogP contribution in [-0.4, -0.2) is 10.5 Å². The first-order valence-corrected chi connectivity index (χ1v) is 15.1. The Balaban J connectivity index is 1.30. The molecular weight excluding hydrogens is 611 g/mol. The molecule has 1 amide bonds. The van der Waals surface area contributed by atoms with Gasteiger partial charge in [0.25, 0.3) is 11.5 Å². The Morgan fingerprint density at radius 2 is 1.91 bits per heavy atom. The fourth-order valence-electron chi connectivity index (χ4n) is 4.83. The number of amides is 1. The minimum Gasteiger partial charge on any atom is -0.486 e. The number of carbonyl (C=O) groups is 1. The molecule has 0 fully saturated rings. The summed E-state index contributed by atoms with van der Waals surface area (Å²) in [5.41, 5.74) is 1.32. The number of halogens is 3. The number of allylic oxidation sites excluding steroid dienone is 1. The van der Waals surface area contributed by atoms with Gasteiger partial charge in [0.15, 0.2) is 4.80 Å². The number of anilines is 1. The van der Waals surface area contributed by atoms with Crippen molar-refractivity contribution in [2.24, 2.45) is 4.99 Å². The highest BCUT2D eigenvalue weighted by Gasteiger charge is 2.33. The van der Waals surface area contributed by atoms with E-state index in [1.54, 1.807) is 25.1 Å². The number of para-hydroxylation sites is 1. The van der Waals surface area contributed by atoms with Crippen LogP contribution in [0.25, 0.3) is 6.08 Å². The number of hydrogen-bond donors (Lipinski definition) is 1. The smallest absolute Gasteiger partial charge is 0.416 e. The summed E-state index contributed by atoms with van der Waals surface area (Å²) in [6.45, 7) is 3.56. The number of thiazole rings is 1. The molecular formula is C32H24F3N3O4S2. The number of furan rings is 1. The zero-order chi connectivity index (χ0) is 31.0. The summed E-state index contributed by atoms with van der Waals surface area (Å²) in [6, 6.07) is 18.4. The number of aryl methyl sites for hydroxylation is 1. The molecule has 5 aromatic rings. The van der Waals surface area contributed by atoms with E-state index in [1.165, 1.54) is 39.4 Å². The molecule has 1 N–H and O–H groups in total. The third-order valence-electron chi connectivity index (χ3n) is 6.97. The number of ether oxygens (including phenoxy) is 1. The standard InChI is InChI=1S/C32H24F3N3O4S2/c1-18-7-3-4-10-24(18)37-29(39)27-19(2)36-31-38(28(27)25-11-6-14-43-25)30(40)26(44-31)16-22-12-13-23(42-22)17-41-21-9-5-8-20(15-21)32(33,34)35/h3-16,28H,17H2,1-2H3,(H,37,39). The lowest BCUT2D eigenvalue weighted by Gasteiger charge is -2.24. The van der Waals surface area contributed by atoms with Gasteiger partial charge in [0.05, 0.1) is 21.4 Å². The predicted molar refractivity (Wildman–Crippen MR) is 162 cm³/mol. The van der Waals surface area contributed by atoms with E-state index in [0.29, 0.717) is 37.8 Å². The van der Waals surface area contributed by atoms with Crippen LogP contribution in [0.4, 0.5) is 18.9 Å². The van der Waals surface area contributed by atoms with Gasteiger partial charge >= 0.3 is 6.18 Å². The lowest BCUT2D eigenvalue weighted by molar-refractivity contribution is -0.137. The number of alkyl halides is 3. The highest BCUT2D eigenvalue weighted by Crippen LogP contribution is 2.34. The Labute approximate surface area is 256 Å². The third-order valence-corrected chi connectivity index (χ3v) is 8.88. The number of benzene rings is 2. The van der Waals surface area contributed by atoms with Crippen LogP contribution in [0.2, 0.25) is 0 Å². The molecule has 4 heterocycles. The summed E-state index contributed by atoms with van der Waals surface area (Å²) < 4.78 is 52.2. The summed E-state index contributed by atoms with van der Waals surface area (Å²) in [5, 5.41) is 4.87. The second-order valence-electron chi connectivity index (χ2n) is 9.98. The van der Waals surface area contributed by atoms with Gasteiger partial charge in [-0.25, -0.2) is 4.99 Å². The molecule has 0 saturated heterocycles. The largest absolute Gasteiger partial charge is 0.486 e. The van der Waals surface area contributed by atoms with Crippen molar-refractivity contribution >= 4 is 40.3 Å². The van der Waals surface area contributed by atoms with Crippen molar-refractivity contribution in [2.45, 2.75) is 32.7 Å². The second-order valence-corrected chi connectivity index (χ2v) is 12.0. The molecule has 6 rings (SSSR count). The van der Waals surface area contributed by atoms with Crippen molar-refractivity contribution < 1.29 is 27.1 Å². The lowest BCUT2D eigenvalue weighted by Crippen LogP contribution is -2.40. The lowest BCUT2D eigenvalue weighted by atomic mass is 10.0. The van der Waals surface area contributed by atoms with Gasteiger partial charge in [-0.05, 0) is 67.3 Å². The molecule has 1 aliphatic heterocycles. The first kappa shape index (κ1) is 29.4. The van der Waals surface area contributed by atoms with Crippen LogP contribution in [0.1, 0.15) is 40.5 Å². The van der Waals surface area contributed by atoms with Crippen molar-refractivity contribution in [1.82, 2.24) is 4.57 Å². The van der Waals surface area contributed by atoms with Crippen molar-refractivity contribution in [1.29, 1.82) is 0 Å². The average Bonchev–Trinajstić information content (AvgIpc) is 3.74. The van der Waals surface area contributed by atoms with E-state index in [2.05, 4.69) is 10.3 Å². The number of nitrogens with zero attached hydrogens (tertiary/aromatic N) is 2. The van der Waals surface area contributed by atoms with Crippen molar-refractivity contribution in [3.8, 4) is 5.75 Å². The van der Waals surface area contributed by atoms with Gasteiger partial charge in [0.1, 0.15) is 29.9 Å². The Morgan fingerprint density at radius 3 is 2.66 bits per heavy atom. The fourth-order valence-corrected chi connectivity index (χ4v) is 6.68. The molecule has 1 aliphatic rings. The van der Waals surface area contributed by atoms with Gasteiger partial charge in [-0.3, -0.25) is 14.2 Å². The fraction of sp³-hybridized carbons (Fsp3) is 0.156. The molecule has 12 heteroatoms. The van der Waals surface area contributed by atoms with Crippen molar-refractivity contribution in [3.05, 3.63) is 137 Å². The minimum absolute atomic E-state index is 0.0531. The number of rotatable bonds is 7. The SMILES string of the molecule is CC1=C(C(=O)Nc2ccccc2C)C(c2cccs2)n2c(sc(=Cc3ccc(COc4cccc(C(F)(F)F)c4)o3)c2=O)=N1. The van der Waals surface area contributed by atoms with E-state index >= 15 is 0 Å². The molecule has 0 saturated carbocycles. The van der Waals surface area contributed by atoms with E-state index in [0.717, 1.165) is 22.6 Å². The molecule has 0 bridgehead atoms. The van der Waals surface area contributed by atoms with E-state index < -0.39 is 17.8 Å². The van der Waals surface area contributed by atoms with Crippen LogP contribution in [0, 0.1) is 6.92 Å². The van der Waals surface area contributed by atoms with E-state index in [-0.39, 0.29) is 23.8 Å². The molecule has 0 radical (unpaired) electrons. The Hall–Kier alpha value is -4.68. The number of carbonyl (C=O) groups excluding carboxylic acids is 1. The maximum atomic E-state index is 13.8. The number of nitrogens with one attached hydrogen (secondary N) is 1. The molecule has 3 aromatic heterocycles. The number of thiophene rings is 1. The van der Waals surface area contributed by atoms with E-state index in [9.17, 15) is 22.8 Å². The predicted octanol–water partition coefficient (Wildman–Crippen LogP) is 6.43. The summed E-state index contributed by atoms with van der Waals surface area (Å²) in [4.78, 5) is 33.4. The molecule has 0 aliphatic carbocycles. The second kappa shape index (κ2) is 11.8. The Morgan fingerprint density at radius 1 is 1.09 bits per heavy atom. The zero-order valence-corrected chi connectivity index (χ0v) is 25.0. The average molecular weight is 636 g/mol. The topological polar surface area (TPSA) is 85.8 Å². The van der Waals surface area contributed by atoms with Gasteiger partial charge in [-0.2, -0.15) is 13.2 Å². The third kappa shape index (κ3) is 5.90. The number of fused-ring (bicyclic) bond motifs is 1. The van der Waals surface area contributed by atoms with Crippen LogP contribution in [0.15, 0.2) is 104 Å². The molecule has 7 nitrogen and oxygen atoms in total. The number of aromatic nitrogens is 1. The van der Waals surface area contributed by atoms with Gasteiger partial charge in [-0.15, -0.1) is 11.3 Å². The summed E-state index contributed by atoms with van der Waals surface area (Å²) in [5.74, 6) is 0.435. The van der Waals surface area contributed by atoms with E-state index in [1.807, 2.05) is 48.7 Å². The maximum Gasteiger partial charge on any atom is 0.416 e. The summed E-state index contributed by atoms with van der Waals surface area (Å²) >= 11 is 2.62. The molecule has 44 heavy (non-hydrogen) atoms. The maximum absolute atomic E-state index is 13.8. The van der Waals surface area contributed by atoms with Gasteiger partial charge < -0.3 is 14.5 Å². The van der Waals surface area contributed by atoms with Crippen LogP contribution in [0.5, 0.6) is 5.75 Å². The Bertz CT molecular complexity index is 2070. The quantitative estimate of drug-likeness (QED) is 0.223. The first-order valence-electron chi connectivity index (χ1n) is 13.4. The van der Waals surface area contributed by atoms with Crippen LogP contribution in [-0.2, 0) is 17.6 Å². The van der Waals surface area contributed by atoms with Crippen molar-refractivity contribution in [3.63, 3.8) is 0 Å². The van der Waals surface area contributed by atoms with Crippen LogP contribution < -0.4 is 24.9 Å². The molecule has 2 aromatic carbocycles. The van der Waals surface area contributed by atoms with Crippen molar-refractivity contribution in [2.75, 3.05) is 5.32 Å². The zero-order valence-electron chi connectivity index (χ0n) is 23.3. The summed E-state index contributed by atoms with van der Waals surface area (Å²) in [6.07, 6.45) is -2.90.